The number of likely N-dealkylation sites (tertiary alicyclic amines) is 1. The molecule has 4 aromatic rings. The first kappa shape index (κ1) is 23.2. The summed E-state index contributed by atoms with van der Waals surface area (Å²) in [5.41, 5.74) is 4.49. The SMILES string of the molecule is CN(C)c1ccc(C(CNC(=O)C2CCCN2C(=O)c2cccs2)c2c[nH]c3ccccc23)cc1. The third-order valence-electron chi connectivity index (χ3n) is 6.84. The number of thiophene rings is 1. The molecule has 180 valence electrons. The van der Waals surface area contributed by atoms with Crippen LogP contribution in [0.1, 0.15) is 39.6 Å². The van der Waals surface area contributed by atoms with Gasteiger partial charge in [-0.15, -0.1) is 11.3 Å². The lowest BCUT2D eigenvalue weighted by atomic mass is 9.90. The summed E-state index contributed by atoms with van der Waals surface area (Å²) in [6, 6.07) is 20.0. The van der Waals surface area contributed by atoms with Gasteiger partial charge in [0.15, 0.2) is 0 Å². The topological polar surface area (TPSA) is 68.4 Å². The molecule has 1 fully saturated rings. The molecule has 0 bridgehead atoms. The number of hydrogen-bond acceptors (Lipinski definition) is 4. The molecular formula is C28H30N4O2S. The molecule has 2 amide bonds. The molecule has 2 atom stereocenters. The summed E-state index contributed by atoms with van der Waals surface area (Å²) >= 11 is 1.42. The molecule has 1 aliphatic heterocycles. The highest BCUT2D eigenvalue weighted by Crippen LogP contribution is 2.32. The van der Waals surface area contributed by atoms with Crippen LogP contribution >= 0.6 is 11.3 Å². The summed E-state index contributed by atoms with van der Waals surface area (Å²) in [6.07, 6.45) is 3.58. The van der Waals surface area contributed by atoms with Crippen molar-refractivity contribution in [3.8, 4) is 0 Å². The van der Waals surface area contributed by atoms with Crippen molar-refractivity contribution in [3.63, 3.8) is 0 Å². The molecule has 0 spiro atoms. The third kappa shape index (κ3) is 4.68. The molecule has 0 radical (unpaired) electrons. The number of para-hydroxylation sites is 1. The first-order valence-electron chi connectivity index (χ1n) is 12.0. The summed E-state index contributed by atoms with van der Waals surface area (Å²) in [7, 11) is 4.05. The molecule has 2 N–H and O–H groups in total. The van der Waals surface area contributed by atoms with E-state index in [0.29, 0.717) is 24.4 Å². The maximum absolute atomic E-state index is 13.3. The van der Waals surface area contributed by atoms with Crippen molar-refractivity contribution >= 4 is 39.7 Å². The van der Waals surface area contributed by atoms with Gasteiger partial charge in [0.05, 0.1) is 4.88 Å². The number of fused-ring (bicyclic) bond motifs is 1. The van der Waals surface area contributed by atoms with Gasteiger partial charge in [0, 0.05) is 55.9 Å². The lowest BCUT2D eigenvalue weighted by Crippen LogP contribution is -2.46. The number of rotatable bonds is 7. The van der Waals surface area contributed by atoms with E-state index in [0.717, 1.165) is 34.1 Å². The van der Waals surface area contributed by atoms with Crippen LogP contribution in [0.2, 0.25) is 0 Å². The van der Waals surface area contributed by atoms with Gasteiger partial charge in [0.25, 0.3) is 5.91 Å². The number of aromatic nitrogens is 1. The van der Waals surface area contributed by atoms with Crippen LogP contribution in [0.25, 0.3) is 10.9 Å². The predicted octanol–water partition coefficient (Wildman–Crippen LogP) is 4.85. The lowest BCUT2D eigenvalue weighted by molar-refractivity contribution is -0.124. The maximum atomic E-state index is 13.3. The van der Waals surface area contributed by atoms with Crippen molar-refractivity contribution in [1.29, 1.82) is 0 Å². The van der Waals surface area contributed by atoms with Crippen LogP contribution in [0.3, 0.4) is 0 Å². The second-order valence-electron chi connectivity index (χ2n) is 9.21. The number of amides is 2. The van der Waals surface area contributed by atoms with E-state index in [1.54, 1.807) is 4.90 Å². The Bertz CT molecular complexity index is 1310. The Morgan fingerprint density at radius 3 is 2.66 bits per heavy atom. The molecule has 7 heteroatoms. The number of nitrogens with one attached hydrogen (secondary N) is 2. The van der Waals surface area contributed by atoms with Crippen molar-refractivity contribution < 1.29 is 9.59 Å². The van der Waals surface area contributed by atoms with Gasteiger partial charge < -0.3 is 20.1 Å². The molecule has 5 rings (SSSR count). The van der Waals surface area contributed by atoms with Crippen LogP contribution in [0.4, 0.5) is 5.69 Å². The number of benzene rings is 2. The van der Waals surface area contributed by atoms with Crippen LogP contribution in [0.15, 0.2) is 72.2 Å². The van der Waals surface area contributed by atoms with Crippen LogP contribution in [0.5, 0.6) is 0 Å². The molecule has 0 saturated carbocycles. The monoisotopic (exact) mass is 486 g/mol. The standard InChI is InChI=1S/C28H30N4O2S/c1-31(2)20-13-11-19(12-14-20)22(23-18-29-24-8-4-3-7-21(23)24)17-30-27(33)25-9-5-15-32(25)28(34)26-10-6-16-35-26/h3-4,6-8,10-14,16,18,22,25,29H,5,9,15,17H2,1-2H3,(H,30,33). The normalized spacial score (nSPS) is 16.4. The van der Waals surface area contributed by atoms with E-state index in [1.165, 1.54) is 11.3 Å². The summed E-state index contributed by atoms with van der Waals surface area (Å²) in [5.74, 6) is -0.151. The molecule has 2 aromatic carbocycles. The average Bonchev–Trinajstić information content (AvgIpc) is 3.65. The average molecular weight is 487 g/mol. The van der Waals surface area contributed by atoms with Gasteiger partial charge in [0.2, 0.25) is 5.91 Å². The van der Waals surface area contributed by atoms with Crippen molar-refractivity contribution in [3.05, 3.63) is 88.2 Å². The molecule has 0 aliphatic carbocycles. The maximum Gasteiger partial charge on any atom is 0.264 e. The lowest BCUT2D eigenvalue weighted by Gasteiger charge is -2.25. The molecule has 3 heterocycles. The van der Waals surface area contributed by atoms with E-state index in [4.69, 9.17) is 0 Å². The number of carbonyl (C=O) groups excluding carboxylic acids is 2. The highest BCUT2D eigenvalue weighted by Gasteiger charge is 2.35. The molecule has 2 unspecified atom stereocenters. The minimum absolute atomic E-state index is 0.0193. The smallest absolute Gasteiger partial charge is 0.264 e. The second kappa shape index (κ2) is 9.96. The number of anilines is 1. The number of carbonyl (C=O) groups is 2. The highest BCUT2D eigenvalue weighted by molar-refractivity contribution is 7.12. The fourth-order valence-electron chi connectivity index (χ4n) is 4.94. The van der Waals surface area contributed by atoms with E-state index in [1.807, 2.05) is 49.9 Å². The largest absolute Gasteiger partial charge is 0.378 e. The van der Waals surface area contributed by atoms with Crippen LogP contribution in [-0.2, 0) is 4.79 Å². The number of hydrogen-bond donors (Lipinski definition) is 2. The highest BCUT2D eigenvalue weighted by atomic mass is 32.1. The molecule has 6 nitrogen and oxygen atoms in total. The van der Waals surface area contributed by atoms with Gasteiger partial charge in [-0.05, 0) is 53.6 Å². The van der Waals surface area contributed by atoms with Gasteiger partial charge in [-0.1, -0.05) is 36.4 Å². The Hall–Kier alpha value is -3.58. The van der Waals surface area contributed by atoms with Crippen molar-refractivity contribution in [1.82, 2.24) is 15.2 Å². The van der Waals surface area contributed by atoms with Gasteiger partial charge >= 0.3 is 0 Å². The van der Waals surface area contributed by atoms with Crippen molar-refractivity contribution in [2.24, 2.45) is 0 Å². The zero-order valence-corrected chi connectivity index (χ0v) is 20.8. The summed E-state index contributed by atoms with van der Waals surface area (Å²) in [4.78, 5) is 34.1. The minimum atomic E-state index is -0.427. The first-order valence-corrected chi connectivity index (χ1v) is 12.9. The van der Waals surface area contributed by atoms with E-state index in [9.17, 15) is 9.59 Å². The van der Waals surface area contributed by atoms with Gasteiger partial charge in [-0.25, -0.2) is 0 Å². The Morgan fingerprint density at radius 2 is 1.91 bits per heavy atom. The summed E-state index contributed by atoms with van der Waals surface area (Å²) in [6.45, 7) is 1.08. The molecule has 2 aromatic heterocycles. The van der Waals surface area contributed by atoms with Gasteiger partial charge in [-0.2, -0.15) is 0 Å². The van der Waals surface area contributed by atoms with Crippen LogP contribution < -0.4 is 10.2 Å². The van der Waals surface area contributed by atoms with E-state index >= 15 is 0 Å². The van der Waals surface area contributed by atoms with Crippen LogP contribution in [0, 0.1) is 0 Å². The molecule has 35 heavy (non-hydrogen) atoms. The van der Waals surface area contributed by atoms with E-state index in [2.05, 4.69) is 51.6 Å². The van der Waals surface area contributed by atoms with Gasteiger partial charge in [-0.3, -0.25) is 9.59 Å². The number of nitrogens with zero attached hydrogens (tertiary/aromatic N) is 2. The fourth-order valence-corrected chi connectivity index (χ4v) is 5.62. The zero-order valence-electron chi connectivity index (χ0n) is 20.0. The van der Waals surface area contributed by atoms with Gasteiger partial charge in [0.1, 0.15) is 6.04 Å². The Kier molecular flexibility index (Phi) is 6.59. The molecule has 1 aliphatic rings. The number of H-pyrrole nitrogens is 1. The quantitative estimate of drug-likeness (QED) is 0.392. The third-order valence-corrected chi connectivity index (χ3v) is 7.70. The molecule has 1 saturated heterocycles. The second-order valence-corrected chi connectivity index (χ2v) is 10.2. The van der Waals surface area contributed by atoms with E-state index in [-0.39, 0.29) is 17.7 Å². The Morgan fingerprint density at radius 1 is 1.11 bits per heavy atom. The first-order chi connectivity index (χ1) is 17.0. The predicted molar refractivity (Wildman–Crippen MR) is 142 cm³/mol. The Balaban J connectivity index is 1.38. The fraction of sp³-hybridized carbons (Fsp3) is 0.286. The molecular weight excluding hydrogens is 456 g/mol. The number of aromatic amines is 1. The summed E-state index contributed by atoms with van der Waals surface area (Å²) in [5, 5.41) is 6.24. The minimum Gasteiger partial charge on any atom is -0.378 e. The van der Waals surface area contributed by atoms with Crippen molar-refractivity contribution in [2.75, 3.05) is 32.1 Å². The zero-order chi connectivity index (χ0) is 24.4. The Labute approximate surface area is 209 Å². The summed E-state index contributed by atoms with van der Waals surface area (Å²) < 4.78 is 0. The van der Waals surface area contributed by atoms with Crippen molar-refractivity contribution in [2.45, 2.75) is 24.8 Å². The van der Waals surface area contributed by atoms with E-state index < -0.39 is 6.04 Å². The van der Waals surface area contributed by atoms with Crippen LogP contribution in [-0.4, -0.2) is 54.9 Å².